The summed E-state index contributed by atoms with van der Waals surface area (Å²) < 4.78 is 1.91. The first-order valence-electron chi connectivity index (χ1n) is 8.09. The maximum absolute atomic E-state index is 12.5. The van der Waals surface area contributed by atoms with Gasteiger partial charge in [-0.1, -0.05) is 23.1 Å². The summed E-state index contributed by atoms with van der Waals surface area (Å²) >= 11 is 1.61. The van der Waals surface area contributed by atoms with E-state index in [9.17, 15) is 4.79 Å². The van der Waals surface area contributed by atoms with Gasteiger partial charge in [-0.05, 0) is 44.9 Å². The monoisotopic (exact) mass is 502 g/mol. The minimum absolute atomic E-state index is 0. The normalized spacial score (nSPS) is 15.2. The van der Waals surface area contributed by atoms with E-state index in [0.29, 0.717) is 6.42 Å². The molecule has 1 saturated heterocycles. The van der Waals surface area contributed by atoms with E-state index in [4.69, 9.17) is 4.99 Å². The third kappa shape index (κ3) is 5.07. The minimum Gasteiger partial charge on any atom is -0.490 e. The Morgan fingerprint density at radius 2 is 1.96 bits per heavy atom. The molecule has 24 heavy (non-hydrogen) atoms. The molecule has 0 bridgehead atoms. The summed E-state index contributed by atoms with van der Waals surface area (Å²) in [5, 5.41) is 0. The molecule has 1 aliphatic rings. The van der Waals surface area contributed by atoms with Gasteiger partial charge in [-0.3, -0.25) is 4.79 Å². The van der Waals surface area contributed by atoms with E-state index in [1.807, 2.05) is 47.7 Å². The molecule has 6 heteroatoms. The van der Waals surface area contributed by atoms with Crippen LogP contribution in [0.15, 0.2) is 29.3 Å². The SMILES string of the molecule is Cc1[c-]n(C)c(=Nc2ccccc2CC(=O)N2CCCCC2)s1.[Yb]. The van der Waals surface area contributed by atoms with Crippen molar-refractivity contribution >= 4 is 22.9 Å². The van der Waals surface area contributed by atoms with Gasteiger partial charge in [-0.2, -0.15) is 6.20 Å². The van der Waals surface area contributed by atoms with Crippen LogP contribution in [-0.2, 0) is 18.3 Å². The maximum atomic E-state index is 12.5. The number of carbonyl (C=O) groups is 1. The Labute approximate surface area is 185 Å². The molecule has 1 aromatic carbocycles. The van der Waals surface area contributed by atoms with Crippen molar-refractivity contribution in [2.75, 3.05) is 13.1 Å². The van der Waals surface area contributed by atoms with Gasteiger partial charge in [0.05, 0.1) is 6.42 Å². The van der Waals surface area contributed by atoms with E-state index in [2.05, 4.69) is 6.20 Å². The number of para-hydroxylation sites is 1. The van der Waals surface area contributed by atoms with Crippen molar-refractivity contribution in [2.45, 2.75) is 32.6 Å². The summed E-state index contributed by atoms with van der Waals surface area (Å²) in [4.78, 5) is 21.3. The number of rotatable bonds is 3. The molecule has 0 unspecified atom stereocenters. The van der Waals surface area contributed by atoms with E-state index in [-0.39, 0.29) is 52.8 Å². The molecule has 0 atom stereocenters. The number of benzene rings is 1. The van der Waals surface area contributed by atoms with Gasteiger partial charge in [0.25, 0.3) is 0 Å². The summed E-state index contributed by atoms with van der Waals surface area (Å²) in [6.45, 7) is 3.81. The van der Waals surface area contributed by atoms with Crippen molar-refractivity contribution in [3.63, 3.8) is 0 Å². The van der Waals surface area contributed by atoms with E-state index >= 15 is 0 Å². The van der Waals surface area contributed by atoms with E-state index in [1.165, 1.54) is 6.42 Å². The summed E-state index contributed by atoms with van der Waals surface area (Å²) in [6.07, 6.45) is 7.12. The van der Waals surface area contributed by atoms with Crippen LogP contribution in [0.5, 0.6) is 0 Å². The maximum Gasteiger partial charge on any atom is 0.227 e. The Morgan fingerprint density at radius 3 is 2.62 bits per heavy atom. The third-order valence-corrected chi connectivity index (χ3v) is 5.06. The molecule has 1 fully saturated rings. The molecule has 4 nitrogen and oxygen atoms in total. The van der Waals surface area contributed by atoms with Crippen molar-refractivity contribution in [3.8, 4) is 0 Å². The summed E-state index contributed by atoms with van der Waals surface area (Å²) in [6, 6.07) is 7.93. The van der Waals surface area contributed by atoms with Crippen molar-refractivity contribution in [1.29, 1.82) is 0 Å². The smallest absolute Gasteiger partial charge is 0.227 e. The number of carbonyl (C=O) groups excluding carboxylic acids is 1. The van der Waals surface area contributed by atoms with E-state index in [0.717, 1.165) is 46.9 Å². The topological polar surface area (TPSA) is 37.6 Å². The quantitative estimate of drug-likeness (QED) is 0.596. The molecule has 0 radical (unpaired) electrons. The zero-order valence-corrected chi connectivity index (χ0v) is 16.5. The Morgan fingerprint density at radius 1 is 1.25 bits per heavy atom. The van der Waals surface area contributed by atoms with E-state index in [1.54, 1.807) is 11.3 Å². The number of aromatic nitrogens is 1. The fraction of sp³-hybridized carbons (Fsp3) is 0.444. The predicted octanol–water partition coefficient (Wildman–Crippen LogP) is 2.98. The van der Waals surface area contributed by atoms with Crippen LogP contribution in [0.2, 0.25) is 0 Å². The number of thiazole rings is 1. The van der Waals surface area contributed by atoms with Gasteiger partial charge < -0.3 is 14.5 Å². The van der Waals surface area contributed by atoms with Gasteiger partial charge in [0.1, 0.15) is 0 Å². The second-order valence-corrected chi connectivity index (χ2v) is 7.15. The van der Waals surface area contributed by atoms with Crippen molar-refractivity contribution in [3.05, 3.63) is 45.7 Å². The van der Waals surface area contributed by atoms with Crippen LogP contribution >= 0.6 is 11.3 Å². The third-order valence-electron chi connectivity index (χ3n) is 4.11. The standard InChI is InChI=1S/C18H22N3OS.Yb/c1-14-13-20(2)18(23-14)19-16-9-5-4-8-15(16)12-17(22)21-10-6-3-7-11-21;/h4-5,8-9H,3,6-7,10-12H2,1-2H3;/q-1;. The first kappa shape index (κ1) is 20.0. The van der Waals surface area contributed by atoms with Crippen LogP contribution in [0.4, 0.5) is 5.69 Å². The summed E-state index contributed by atoms with van der Waals surface area (Å²) in [7, 11) is 1.95. The van der Waals surface area contributed by atoms with Crippen LogP contribution in [0.3, 0.4) is 0 Å². The number of hydrogen-bond acceptors (Lipinski definition) is 3. The predicted molar refractivity (Wildman–Crippen MR) is 92.7 cm³/mol. The van der Waals surface area contributed by atoms with Crippen LogP contribution in [0.1, 0.15) is 29.7 Å². The Kier molecular flexibility index (Phi) is 7.79. The molecule has 1 aliphatic heterocycles. The molecule has 136 valence electrons. The van der Waals surface area contributed by atoms with Crippen molar-refractivity contribution < 1.29 is 51.7 Å². The first-order valence-corrected chi connectivity index (χ1v) is 8.91. The second kappa shape index (κ2) is 9.37. The van der Waals surface area contributed by atoms with Crippen LogP contribution < -0.4 is 4.80 Å². The van der Waals surface area contributed by atoms with Gasteiger partial charge in [-0.15, -0.1) is 0 Å². The molecule has 1 aromatic heterocycles. The summed E-state index contributed by atoms with van der Waals surface area (Å²) in [5.74, 6) is 0.214. The van der Waals surface area contributed by atoms with Gasteiger partial charge in [0.2, 0.25) is 5.91 Å². The van der Waals surface area contributed by atoms with Gasteiger partial charge >= 0.3 is 0 Å². The molecular weight excluding hydrogens is 479 g/mol. The van der Waals surface area contributed by atoms with Gasteiger partial charge in [0, 0.05) is 70.5 Å². The average Bonchev–Trinajstić information content (AvgIpc) is 2.87. The number of nitrogens with zero attached hydrogens (tertiary/aromatic N) is 3. The zero-order valence-electron chi connectivity index (χ0n) is 14.0. The van der Waals surface area contributed by atoms with Gasteiger partial charge in [-0.25, -0.2) is 11.3 Å². The van der Waals surface area contributed by atoms with Crippen LogP contribution in [0.25, 0.3) is 0 Å². The fourth-order valence-electron chi connectivity index (χ4n) is 2.90. The van der Waals surface area contributed by atoms with Crippen LogP contribution in [-0.4, -0.2) is 28.5 Å². The average molecular weight is 502 g/mol. The Balaban J connectivity index is 0.00000208. The molecule has 2 aromatic rings. The molecule has 1 amide bonds. The second-order valence-electron chi connectivity index (χ2n) is 5.97. The molecular formula is C18H22N3OSYb-. The minimum atomic E-state index is 0. The van der Waals surface area contributed by atoms with Crippen molar-refractivity contribution in [2.24, 2.45) is 12.0 Å². The van der Waals surface area contributed by atoms with Gasteiger partial charge in [0.15, 0.2) is 0 Å². The van der Waals surface area contributed by atoms with E-state index < -0.39 is 0 Å². The molecule has 0 spiro atoms. The number of likely N-dealkylation sites (tertiary alicyclic amines) is 1. The molecule has 0 saturated carbocycles. The Hall–Kier alpha value is -0.361. The Bertz CT molecular complexity index is 760. The number of amides is 1. The molecule has 0 aliphatic carbocycles. The van der Waals surface area contributed by atoms with Crippen molar-refractivity contribution in [1.82, 2.24) is 9.47 Å². The first-order chi connectivity index (χ1) is 11.1. The molecule has 3 rings (SSSR count). The summed E-state index contributed by atoms with van der Waals surface area (Å²) in [5.41, 5.74) is 1.87. The number of piperidine rings is 1. The fourth-order valence-corrected chi connectivity index (χ4v) is 3.68. The van der Waals surface area contributed by atoms with Crippen LogP contribution in [0, 0.1) is 60.0 Å². The zero-order chi connectivity index (χ0) is 16.2. The number of aryl methyl sites for hydroxylation is 2. The number of hydrogen-bond donors (Lipinski definition) is 0. The molecule has 0 N–H and O–H groups in total. The molecule has 2 heterocycles. The largest absolute Gasteiger partial charge is 0.490 e.